The fourth-order valence-electron chi connectivity index (χ4n) is 2.28. The van der Waals surface area contributed by atoms with Gasteiger partial charge in [-0.25, -0.2) is 4.79 Å². The molecule has 1 fully saturated rings. The zero-order valence-corrected chi connectivity index (χ0v) is 12.7. The van der Waals surface area contributed by atoms with Gasteiger partial charge in [0.15, 0.2) is 5.82 Å². The number of rotatable bonds is 6. The van der Waals surface area contributed by atoms with Crippen molar-refractivity contribution < 1.29 is 19.2 Å². The molecule has 1 aromatic rings. The van der Waals surface area contributed by atoms with Crippen LogP contribution in [0.25, 0.3) is 0 Å². The second-order valence-corrected chi connectivity index (χ2v) is 6.36. The van der Waals surface area contributed by atoms with Crippen molar-refractivity contribution >= 4 is 23.6 Å². The number of hydrogen-bond donors (Lipinski definition) is 2. The molecule has 2 N–H and O–H groups in total. The average Bonchev–Trinajstić information content (AvgIpc) is 2.85. The van der Waals surface area contributed by atoms with Gasteiger partial charge in [0.05, 0.1) is 0 Å². The van der Waals surface area contributed by atoms with Gasteiger partial charge in [0.1, 0.15) is 5.54 Å². The standard InChI is InChI=1S/C13H19N3O4S/c1-9-14-11(20-16-9)4-2-3-10(17)15-13(12(18)19)5-7-21-8-6-13/h2-8H2,1H3,(H,15,17)(H,18,19). The maximum absolute atomic E-state index is 12.0. The van der Waals surface area contributed by atoms with Crippen LogP contribution < -0.4 is 5.32 Å². The van der Waals surface area contributed by atoms with Gasteiger partial charge in [0.25, 0.3) is 0 Å². The van der Waals surface area contributed by atoms with Gasteiger partial charge in [0, 0.05) is 12.8 Å². The Bertz CT molecular complexity index is 511. The number of thioether (sulfide) groups is 1. The van der Waals surface area contributed by atoms with Crippen LogP contribution >= 0.6 is 11.8 Å². The maximum atomic E-state index is 12.0. The average molecular weight is 313 g/mol. The molecule has 1 saturated heterocycles. The zero-order chi connectivity index (χ0) is 15.3. The molecule has 8 heteroatoms. The van der Waals surface area contributed by atoms with Crippen LogP contribution in [0.5, 0.6) is 0 Å². The topological polar surface area (TPSA) is 105 Å². The van der Waals surface area contributed by atoms with Crippen molar-refractivity contribution in [2.75, 3.05) is 11.5 Å². The third-order valence-corrected chi connectivity index (χ3v) is 4.48. The number of carbonyl (C=O) groups excluding carboxylic acids is 1. The second kappa shape index (κ2) is 6.93. The summed E-state index contributed by atoms with van der Waals surface area (Å²) >= 11 is 1.72. The fraction of sp³-hybridized carbons (Fsp3) is 0.692. The van der Waals surface area contributed by atoms with Crippen LogP contribution in [-0.4, -0.2) is 44.2 Å². The molecule has 1 aromatic heterocycles. The van der Waals surface area contributed by atoms with Gasteiger partial charge in [-0.1, -0.05) is 5.16 Å². The Labute approximate surface area is 126 Å². The molecule has 0 saturated carbocycles. The first-order valence-corrected chi connectivity index (χ1v) is 8.09. The molecule has 0 aromatic carbocycles. The van der Waals surface area contributed by atoms with Gasteiger partial charge in [-0.2, -0.15) is 16.7 Å². The summed E-state index contributed by atoms with van der Waals surface area (Å²) in [5.74, 6) is 1.41. The van der Waals surface area contributed by atoms with Crippen molar-refractivity contribution in [3.8, 4) is 0 Å². The molecule has 2 rings (SSSR count). The van der Waals surface area contributed by atoms with Crippen LogP contribution in [-0.2, 0) is 16.0 Å². The zero-order valence-electron chi connectivity index (χ0n) is 11.9. The lowest BCUT2D eigenvalue weighted by molar-refractivity contribution is -0.148. The van der Waals surface area contributed by atoms with Crippen LogP contribution in [0, 0.1) is 6.92 Å². The van der Waals surface area contributed by atoms with E-state index in [9.17, 15) is 14.7 Å². The molecular formula is C13H19N3O4S. The minimum atomic E-state index is -1.09. The molecule has 1 aliphatic rings. The lowest BCUT2D eigenvalue weighted by Gasteiger charge is -2.33. The number of aryl methyl sites for hydroxylation is 2. The number of carbonyl (C=O) groups is 2. The summed E-state index contributed by atoms with van der Waals surface area (Å²) in [7, 11) is 0. The SMILES string of the molecule is Cc1noc(CCCC(=O)NC2(C(=O)O)CCSCC2)n1. The third-order valence-electron chi connectivity index (χ3n) is 3.50. The molecule has 1 aliphatic heterocycles. The van der Waals surface area contributed by atoms with Crippen molar-refractivity contribution in [1.29, 1.82) is 0 Å². The van der Waals surface area contributed by atoms with E-state index in [0.29, 0.717) is 37.4 Å². The van der Waals surface area contributed by atoms with E-state index in [1.165, 1.54) is 0 Å². The first-order valence-electron chi connectivity index (χ1n) is 6.93. The number of aromatic nitrogens is 2. The lowest BCUT2D eigenvalue weighted by atomic mass is 9.92. The Kier molecular flexibility index (Phi) is 5.22. The summed E-state index contributed by atoms with van der Waals surface area (Å²) < 4.78 is 4.96. The molecule has 1 amide bonds. The molecule has 0 atom stereocenters. The smallest absolute Gasteiger partial charge is 0.329 e. The Morgan fingerprint density at radius 3 is 2.71 bits per heavy atom. The molecule has 0 unspecified atom stereocenters. The largest absolute Gasteiger partial charge is 0.480 e. The van der Waals surface area contributed by atoms with Crippen molar-refractivity contribution in [3.63, 3.8) is 0 Å². The normalized spacial score (nSPS) is 17.4. The number of amides is 1. The molecule has 7 nitrogen and oxygen atoms in total. The summed E-state index contributed by atoms with van der Waals surface area (Å²) in [5.41, 5.74) is -1.09. The minimum absolute atomic E-state index is 0.236. The van der Waals surface area contributed by atoms with Crippen molar-refractivity contribution in [1.82, 2.24) is 15.5 Å². The quantitative estimate of drug-likeness (QED) is 0.812. The maximum Gasteiger partial charge on any atom is 0.329 e. The molecule has 0 bridgehead atoms. The second-order valence-electron chi connectivity index (χ2n) is 5.14. The molecule has 21 heavy (non-hydrogen) atoms. The summed E-state index contributed by atoms with van der Waals surface area (Å²) in [4.78, 5) is 27.5. The number of carboxylic acid groups (broad SMARTS) is 1. The van der Waals surface area contributed by atoms with E-state index in [1.807, 2.05) is 0 Å². The highest BCUT2D eigenvalue weighted by Crippen LogP contribution is 2.27. The number of hydrogen-bond acceptors (Lipinski definition) is 6. The summed E-state index contributed by atoms with van der Waals surface area (Å²) in [6, 6.07) is 0. The first kappa shape index (κ1) is 15.8. The summed E-state index contributed by atoms with van der Waals surface area (Å²) in [6.07, 6.45) is 2.27. The third kappa shape index (κ3) is 4.20. The Morgan fingerprint density at radius 2 is 2.14 bits per heavy atom. The number of nitrogens with zero attached hydrogens (tertiary/aromatic N) is 2. The van der Waals surface area contributed by atoms with Gasteiger partial charge < -0.3 is 14.9 Å². The molecule has 0 radical (unpaired) electrons. The predicted molar refractivity (Wildman–Crippen MR) is 77.0 cm³/mol. The van der Waals surface area contributed by atoms with Crippen LogP contribution in [0.15, 0.2) is 4.52 Å². The molecule has 0 aliphatic carbocycles. The highest BCUT2D eigenvalue weighted by molar-refractivity contribution is 7.99. The van der Waals surface area contributed by atoms with Crippen molar-refractivity contribution in [3.05, 3.63) is 11.7 Å². The highest BCUT2D eigenvalue weighted by atomic mass is 32.2. The van der Waals surface area contributed by atoms with Crippen LogP contribution in [0.4, 0.5) is 0 Å². The van der Waals surface area contributed by atoms with Gasteiger partial charge in [0.2, 0.25) is 11.8 Å². The molecule has 116 valence electrons. The van der Waals surface area contributed by atoms with Crippen molar-refractivity contribution in [2.24, 2.45) is 0 Å². The van der Waals surface area contributed by atoms with Gasteiger partial charge >= 0.3 is 5.97 Å². The van der Waals surface area contributed by atoms with Crippen LogP contribution in [0.2, 0.25) is 0 Å². The molecular weight excluding hydrogens is 294 g/mol. The number of nitrogens with one attached hydrogen (secondary N) is 1. The minimum Gasteiger partial charge on any atom is -0.480 e. The first-order chi connectivity index (χ1) is 10.0. The van der Waals surface area contributed by atoms with E-state index in [2.05, 4.69) is 15.5 Å². The van der Waals surface area contributed by atoms with E-state index in [-0.39, 0.29) is 12.3 Å². The molecule has 2 heterocycles. The van der Waals surface area contributed by atoms with E-state index < -0.39 is 11.5 Å². The van der Waals surface area contributed by atoms with E-state index in [4.69, 9.17) is 4.52 Å². The van der Waals surface area contributed by atoms with Crippen LogP contribution in [0.3, 0.4) is 0 Å². The van der Waals surface area contributed by atoms with Crippen molar-refractivity contribution in [2.45, 2.75) is 44.6 Å². The monoisotopic (exact) mass is 313 g/mol. The van der Waals surface area contributed by atoms with Gasteiger partial charge in [-0.3, -0.25) is 4.79 Å². The number of aliphatic carboxylic acids is 1. The number of carboxylic acids is 1. The lowest BCUT2D eigenvalue weighted by Crippen LogP contribution is -2.56. The highest BCUT2D eigenvalue weighted by Gasteiger charge is 2.41. The Morgan fingerprint density at radius 1 is 1.43 bits per heavy atom. The predicted octanol–water partition coefficient (Wildman–Crippen LogP) is 1.17. The van der Waals surface area contributed by atoms with Gasteiger partial charge in [-0.05, 0) is 37.7 Å². The fourth-order valence-corrected chi connectivity index (χ4v) is 3.47. The van der Waals surface area contributed by atoms with Gasteiger partial charge in [-0.15, -0.1) is 0 Å². The van der Waals surface area contributed by atoms with E-state index >= 15 is 0 Å². The Hall–Kier alpha value is -1.57. The van der Waals surface area contributed by atoms with E-state index in [0.717, 1.165) is 11.5 Å². The van der Waals surface area contributed by atoms with E-state index in [1.54, 1.807) is 18.7 Å². The summed E-state index contributed by atoms with van der Waals surface area (Å²) in [5, 5.41) is 15.8. The Balaban J connectivity index is 1.81. The molecule has 0 spiro atoms. The summed E-state index contributed by atoms with van der Waals surface area (Å²) in [6.45, 7) is 1.73. The van der Waals surface area contributed by atoms with Crippen LogP contribution in [0.1, 0.15) is 37.4 Å².